The number of methoxy groups -OCH3 is 1. The van der Waals surface area contributed by atoms with Gasteiger partial charge in [-0.05, 0) is 60.8 Å². The third kappa shape index (κ3) is 3.49. The van der Waals surface area contributed by atoms with Crippen molar-refractivity contribution in [3.63, 3.8) is 0 Å². The Morgan fingerprint density at radius 3 is 2.52 bits per heavy atom. The fourth-order valence-corrected chi connectivity index (χ4v) is 5.88. The van der Waals surface area contributed by atoms with Crippen LogP contribution in [0.25, 0.3) is 0 Å². The molecule has 1 aromatic heterocycles. The van der Waals surface area contributed by atoms with Crippen LogP contribution < -0.4 is 14.8 Å². The predicted octanol–water partition coefficient (Wildman–Crippen LogP) is 1.07. The van der Waals surface area contributed by atoms with E-state index < -0.39 is 16.4 Å². The van der Waals surface area contributed by atoms with Gasteiger partial charge in [-0.3, -0.25) is 0 Å². The van der Waals surface area contributed by atoms with Gasteiger partial charge >= 0.3 is 0 Å². The highest BCUT2D eigenvalue weighted by Crippen LogP contribution is 2.41. The van der Waals surface area contributed by atoms with Crippen molar-refractivity contribution in [3.8, 4) is 5.88 Å². The van der Waals surface area contributed by atoms with Gasteiger partial charge in [-0.25, -0.2) is 17.5 Å². The number of hydrogen-bond acceptors (Lipinski definition) is 7. The first-order chi connectivity index (χ1) is 14.9. The average Bonchev–Trinajstić information content (AvgIpc) is 3.49. The van der Waals surface area contributed by atoms with E-state index in [1.807, 2.05) is 0 Å². The monoisotopic (exact) mass is 452 g/mol. The molecule has 0 radical (unpaired) electrons. The Labute approximate surface area is 179 Å². The maximum absolute atomic E-state index is 14.8. The van der Waals surface area contributed by atoms with Crippen molar-refractivity contribution >= 4 is 15.7 Å². The van der Waals surface area contributed by atoms with Crippen LogP contribution in [0.5, 0.6) is 5.88 Å². The van der Waals surface area contributed by atoms with E-state index >= 15 is 0 Å². The zero-order valence-electron chi connectivity index (χ0n) is 17.1. The van der Waals surface area contributed by atoms with E-state index in [9.17, 15) is 17.9 Å². The lowest BCUT2D eigenvalue weighted by molar-refractivity contribution is 0.0165. The van der Waals surface area contributed by atoms with E-state index in [0.29, 0.717) is 49.0 Å². The lowest BCUT2D eigenvalue weighted by Crippen LogP contribution is -2.41. The summed E-state index contributed by atoms with van der Waals surface area (Å²) in [4.78, 5) is -0.155. The number of rotatable bonds is 6. The molecule has 9 nitrogen and oxygen atoms in total. The number of sulfonamides is 1. The number of aliphatic hydroxyl groups excluding tert-OH is 1. The van der Waals surface area contributed by atoms with E-state index in [1.165, 1.54) is 10.9 Å². The molecule has 0 saturated carbocycles. The maximum Gasteiger partial charge on any atom is 0.251 e. The number of benzene rings is 1. The number of nitrogens with one attached hydrogen (secondary N) is 2. The van der Waals surface area contributed by atoms with Crippen LogP contribution in [0.2, 0.25) is 0 Å². The summed E-state index contributed by atoms with van der Waals surface area (Å²) in [6.45, 7) is 0.579. The Hall–Kier alpha value is -2.21. The van der Waals surface area contributed by atoms with Gasteiger partial charge in [0.2, 0.25) is 5.88 Å². The number of fused-ring (bicyclic) bond motifs is 3. The predicted molar refractivity (Wildman–Crippen MR) is 109 cm³/mol. The fraction of sp³-hybridized carbons (Fsp3) is 0.550. The van der Waals surface area contributed by atoms with Gasteiger partial charge in [0, 0.05) is 12.8 Å². The number of ether oxygens (including phenoxy) is 2. The highest BCUT2D eigenvalue weighted by molar-refractivity contribution is 7.89. The minimum atomic E-state index is -4.12. The number of aliphatic hydroxyl groups is 1. The summed E-state index contributed by atoms with van der Waals surface area (Å²) in [6.07, 6.45) is 3.79. The third-order valence-electron chi connectivity index (χ3n) is 6.28. The molecule has 31 heavy (non-hydrogen) atoms. The summed E-state index contributed by atoms with van der Waals surface area (Å²) in [5, 5.41) is 17.5. The quantitative estimate of drug-likeness (QED) is 0.562. The smallest absolute Gasteiger partial charge is 0.251 e. The lowest BCUT2D eigenvalue weighted by atomic mass is 9.98. The minimum Gasteiger partial charge on any atom is -0.474 e. The molecule has 0 fully saturated rings. The third-order valence-corrected chi connectivity index (χ3v) is 7.67. The molecule has 1 unspecified atom stereocenters. The van der Waals surface area contributed by atoms with Crippen molar-refractivity contribution in [3.05, 3.63) is 34.3 Å². The Kier molecular flexibility index (Phi) is 5.16. The molecule has 2 aliphatic carbocycles. The average molecular weight is 453 g/mol. The zero-order valence-corrected chi connectivity index (χ0v) is 18.0. The molecule has 0 saturated heterocycles. The lowest BCUT2D eigenvalue weighted by Gasteiger charge is -2.24. The second-order valence-corrected chi connectivity index (χ2v) is 9.83. The highest BCUT2D eigenvalue weighted by Gasteiger charge is 2.33. The molecule has 0 amide bonds. The molecule has 1 aliphatic heterocycles. The van der Waals surface area contributed by atoms with Crippen molar-refractivity contribution in [1.82, 2.24) is 14.5 Å². The van der Waals surface area contributed by atoms with Crippen LogP contribution in [0, 0.1) is 5.82 Å². The van der Waals surface area contributed by atoms with Gasteiger partial charge in [0.05, 0.1) is 12.7 Å². The van der Waals surface area contributed by atoms with Crippen LogP contribution in [0.3, 0.4) is 0 Å². The van der Waals surface area contributed by atoms with Crippen molar-refractivity contribution < 1.29 is 27.4 Å². The van der Waals surface area contributed by atoms with Gasteiger partial charge < -0.3 is 19.9 Å². The first-order valence-corrected chi connectivity index (χ1v) is 11.9. The van der Waals surface area contributed by atoms with Gasteiger partial charge in [0.15, 0.2) is 11.2 Å². The molecule has 0 bridgehead atoms. The second kappa shape index (κ2) is 7.73. The van der Waals surface area contributed by atoms with Gasteiger partial charge in [-0.15, -0.1) is 0 Å². The number of hydrogen-bond donors (Lipinski definition) is 3. The van der Waals surface area contributed by atoms with Crippen LogP contribution in [0.15, 0.2) is 11.1 Å². The van der Waals surface area contributed by atoms with Crippen LogP contribution in [0.1, 0.15) is 35.1 Å². The molecule has 3 aliphatic rings. The first kappa shape index (κ1) is 20.7. The summed E-state index contributed by atoms with van der Waals surface area (Å²) in [5.74, 6) is -0.0183. The first-order valence-electron chi connectivity index (χ1n) is 10.4. The Bertz CT molecular complexity index is 1100. The van der Waals surface area contributed by atoms with Crippen molar-refractivity contribution in [2.24, 2.45) is 0 Å². The van der Waals surface area contributed by atoms with Crippen LogP contribution in [-0.2, 0) is 47.0 Å². The Morgan fingerprint density at radius 1 is 1.23 bits per heavy atom. The number of anilines is 1. The Morgan fingerprint density at radius 2 is 1.87 bits per heavy atom. The molecule has 2 heterocycles. The van der Waals surface area contributed by atoms with Crippen molar-refractivity contribution in [2.45, 2.75) is 62.4 Å². The van der Waals surface area contributed by atoms with E-state index in [2.05, 4.69) is 15.1 Å². The SMILES string of the molecule is CO[C@H]1COc2c(S(=O)(=O)NC(O)Nc3c4c(c(F)c5c3CCC5)CCC4)cnn2C1. The number of halogens is 1. The molecular formula is C20H25FN4O5S. The molecule has 5 rings (SSSR count). The standard InChI is InChI=1S/C20H25FN4O5S/c1-29-11-9-25-19(30-10-11)16(8-22-25)31(27,28)24-20(26)23-18-14-6-2-4-12(14)17(21)13-5-3-7-15(13)18/h8,11,20,23-24,26H,2-7,9-10H2,1H3/t11-,20?/m1/s1. The summed E-state index contributed by atoms with van der Waals surface area (Å²) >= 11 is 0. The van der Waals surface area contributed by atoms with Gasteiger partial charge in [-0.1, -0.05) is 0 Å². The summed E-state index contributed by atoms with van der Waals surface area (Å²) in [5.41, 5.74) is 3.71. The number of aromatic nitrogens is 2. The molecule has 168 valence electrons. The van der Waals surface area contributed by atoms with Crippen LogP contribution >= 0.6 is 0 Å². The van der Waals surface area contributed by atoms with Crippen LogP contribution in [-0.4, -0.2) is 49.5 Å². The summed E-state index contributed by atoms with van der Waals surface area (Å²) in [7, 11) is -2.58. The van der Waals surface area contributed by atoms with Crippen LogP contribution in [0.4, 0.5) is 10.1 Å². The molecule has 0 spiro atoms. The van der Waals surface area contributed by atoms with Gasteiger partial charge in [0.1, 0.15) is 18.5 Å². The van der Waals surface area contributed by atoms with Gasteiger partial charge in [-0.2, -0.15) is 9.82 Å². The van der Waals surface area contributed by atoms with Gasteiger partial charge in [0.25, 0.3) is 10.0 Å². The minimum absolute atomic E-state index is 0.108. The highest BCUT2D eigenvalue weighted by atomic mass is 32.2. The molecule has 11 heteroatoms. The zero-order chi connectivity index (χ0) is 21.8. The molecule has 1 aromatic carbocycles. The fourth-order valence-electron chi connectivity index (χ4n) is 4.82. The normalized spacial score (nSPS) is 20.7. The van der Waals surface area contributed by atoms with E-state index in [0.717, 1.165) is 24.0 Å². The molecular weight excluding hydrogens is 427 g/mol. The molecule has 2 aromatic rings. The molecule has 3 N–H and O–H groups in total. The van der Waals surface area contributed by atoms with Crippen molar-refractivity contribution in [2.75, 3.05) is 19.0 Å². The second-order valence-electron chi connectivity index (χ2n) is 8.14. The van der Waals surface area contributed by atoms with E-state index in [-0.39, 0.29) is 29.3 Å². The van der Waals surface area contributed by atoms with E-state index in [1.54, 1.807) is 7.11 Å². The van der Waals surface area contributed by atoms with E-state index in [4.69, 9.17) is 9.47 Å². The largest absolute Gasteiger partial charge is 0.474 e. The number of nitrogens with zero attached hydrogens (tertiary/aromatic N) is 2. The summed E-state index contributed by atoms with van der Waals surface area (Å²) in [6, 6.07) is 0. The topological polar surface area (TPSA) is 115 Å². The Balaban J connectivity index is 1.39. The summed E-state index contributed by atoms with van der Waals surface area (Å²) < 4.78 is 55.1. The van der Waals surface area contributed by atoms with Crippen molar-refractivity contribution in [1.29, 1.82) is 0 Å². The molecule has 2 atom stereocenters. The maximum atomic E-state index is 14.8.